The molecule has 19 heteroatoms. The van der Waals surface area contributed by atoms with Crippen molar-refractivity contribution >= 4 is 44.1 Å². The fourth-order valence-corrected chi connectivity index (χ4v) is 6.97. The Morgan fingerprint density at radius 2 is 1.10 bits per heavy atom. The Labute approximate surface area is 368 Å². The first-order chi connectivity index (χ1) is 30.0. The summed E-state index contributed by atoms with van der Waals surface area (Å²) in [4.78, 5) is 26.4. The number of nitrogens with one attached hydrogen (secondary N) is 2. The third-order valence-corrected chi connectivity index (χ3v) is 10.5. The number of rotatable bonds is 18. The predicted molar refractivity (Wildman–Crippen MR) is 238 cm³/mol. The van der Waals surface area contributed by atoms with Crippen LogP contribution in [0.1, 0.15) is 34.6 Å². The van der Waals surface area contributed by atoms with Crippen LogP contribution in [0.5, 0.6) is 34.5 Å². The lowest BCUT2D eigenvalue weighted by atomic mass is 10.2. The number of hydrogen-bond acceptors (Lipinski definition) is 13. The minimum absolute atomic E-state index is 0.129. The Morgan fingerprint density at radius 1 is 0.651 bits per heavy atom. The molecule has 0 aliphatic rings. The van der Waals surface area contributed by atoms with E-state index in [1.807, 2.05) is 13.8 Å². The maximum atomic E-state index is 12.8. The molecule has 2 N–H and O–H groups in total. The Balaban J connectivity index is 0.000000238. The number of methoxy groups -OCH3 is 2. The van der Waals surface area contributed by atoms with Crippen molar-refractivity contribution in [2.24, 2.45) is 14.1 Å². The molecular formula is C44H50N6O11S2. The second-order valence-electron chi connectivity index (χ2n) is 14.2. The molecule has 6 rings (SSSR count). The molecule has 2 amide bonds. The number of sulfone groups is 1. The number of anilines is 2. The van der Waals surface area contributed by atoms with Gasteiger partial charge in [-0.3, -0.25) is 23.2 Å². The number of hydrogen-bond donors (Lipinski definition) is 2. The summed E-state index contributed by atoms with van der Waals surface area (Å²) >= 11 is 0. The fourth-order valence-electron chi connectivity index (χ4n) is 5.76. The summed E-state index contributed by atoms with van der Waals surface area (Å²) in [6.07, 6.45) is 5.68. The molecule has 0 aliphatic heterocycles. The van der Waals surface area contributed by atoms with E-state index < -0.39 is 26.5 Å². The van der Waals surface area contributed by atoms with E-state index in [0.29, 0.717) is 69.8 Å². The van der Waals surface area contributed by atoms with Crippen LogP contribution < -0.4 is 29.6 Å². The molecule has 0 saturated heterocycles. The average molecular weight is 903 g/mol. The van der Waals surface area contributed by atoms with E-state index in [2.05, 4.69) is 20.8 Å². The summed E-state index contributed by atoms with van der Waals surface area (Å²) in [5.41, 5.74) is 0.630. The van der Waals surface area contributed by atoms with Crippen LogP contribution in [0.25, 0.3) is 0 Å². The first kappa shape index (κ1) is 47.5. The molecule has 0 spiro atoms. The summed E-state index contributed by atoms with van der Waals surface area (Å²) < 4.78 is 72.4. The van der Waals surface area contributed by atoms with Crippen LogP contribution >= 0.6 is 0 Å². The zero-order valence-electron chi connectivity index (χ0n) is 36.1. The molecule has 6 aromatic rings. The molecule has 0 radical (unpaired) electrons. The van der Waals surface area contributed by atoms with Crippen LogP contribution in [0.15, 0.2) is 119 Å². The molecular weight excluding hydrogens is 853 g/mol. The van der Waals surface area contributed by atoms with E-state index in [-0.39, 0.29) is 28.6 Å². The summed E-state index contributed by atoms with van der Waals surface area (Å²) in [5, 5.41) is 13.8. The quantitative estimate of drug-likeness (QED) is 0.0904. The Morgan fingerprint density at radius 3 is 1.51 bits per heavy atom. The highest BCUT2D eigenvalue weighted by molar-refractivity contribution is 7.90. The molecule has 17 nitrogen and oxygen atoms in total. The van der Waals surface area contributed by atoms with Crippen LogP contribution in [0.2, 0.25) is 0 Å². The Bertz CT molecular complexity index is 2650. The summed E-state index contributed by atoms with van der Waals surface area (Å²) in [6, 6.07) is 26.2. The van der Waals surface area contributed by atoms with Crippen LogP contribution in [0.4, 0.5) is 11.6 Å². The summed E-state index contributed by atoms with van der Waals surface area (Å²) in [6.45, 7) is 4.45. The van der Waals surface area contributed by atoms with Crippen molar-refractivity contribution in [2.45, 2.75) is 35.8 Å². The highest BCUT2D eigenvalue weighted by Gasteiger charge is 2.17. The van der Waals surface area contributed by atoms with Gasteiger partial charge in [-0.1, -0.05) is 12.1 Å². The van der Waals surface area contributed by atoms with Crippen LogP contribution in [-0.4, -0.2) is 96.2 Å². The zero-order chi connectivity index (χ0) is 45.7. The first-order valence-corrected chi connectivity index (χ1v) is 22.8. The van der Waals surface area contributed by atoms with Crippen molar-refractivity contribution in [3.63, 3.8) is 0 Å². The molecule has 334 valence electrons. The number of nitrogens with zero attached hydrogens (tertiary/aromatic N) is 4. The average Bonchev–Trinajstić information content (AvgIpc) is 3.83. The van der Waals surface area contributed by atoms with Crippen LogP contribution in [-0.2, 0) is 44.2 Å². The van der Waals surface area contributed by atoms with Crippen molar-refractivity contribution < 1.29 is 50.6 Å². The first-order valence-electron chi connectivity index (χ1n) is 19.3. The van der Waals surface area contributed by atoms with Crippen molar-refractivity contribution in [2.75, 3.05) is 50.6 Å². The predicted octanol–water partition coefficient (Wildman–Crippen LogP) is 6.90. The maximum absolute atomic E-state index is 12.8. The van der Waals surface area contributed by atoms with Crippen LogP contribution in [0, 0.1) is 0 Å². The minimum Gasteiger partial charge on any atom is -0.488 e. The SMILES string of the molecule is COC[C@H](C)Oc1cc(Oc2cccc(S(C)(=O)=O)c2)cc(C(=O)Nc2ccn(C)n2)c1.COC[C@H](C)Oc1cc(Oc2cccc(S(C)=O)c2)cc(C(=O)Nc2ccn(C)n2)c1. The van der Waals surface area contributed by atoms with Gasteiger partial charge in [-0.25, -0.2) is 8.42 Å². The van der Waals surface area contributed by atoms with Gasteiger partial charge >= 0.3 is 0 Å². The topological polar surface area (TPSA) is 200 Å². The van der Waals surface area contributed by atoms with E-state index >= 15 is 0 Å². The number of carbonyl (C=O) groups excluding carboxylic acids is 2. The number of benzene rings is 4. The molecule has 3 atom stereocenters. The normalized spacial score (nSPS) is 12.5. The van der Waals surface area contributed by atoms with E-state index in [0.717, 1.165) is 6.26 Å². The molecule has 2 heterocycles. The van der Waals surface area contributed by atoms with Crippen molar-refractivity contribution in [1.82, 2.24) is 19.6 Å². The number of ether oxygens (including phenoxy) is 6. The lowest BCUT2D eigenvalue weighted by Crippen LogP contribution is -2.18. The van der Waals surface area contributed by atoms with Crippen molar-refractivity contribution in [3.05, 3.63) is 121 Å². The zero-order valence-corrected chi connectivity index (χ0v) is 37.7. The maximum Gasteiger partial charge on any atom is 0.257 e. The highest BCUT2D eigenvalue weighted by atomic mass is 32.2. The van der Waals surface area contributed by atoms with Gasteiger partial charge in [0.1, 0.15) is 46.7 Å². The molecule has 0 bridgehead atoms. The summed E-state index contributed by atoms with van der Waals surface area (Å²) in [7, 11) is 2.15. The molecule has 4 aromatic carbocycles. The van der Waals surface area contributed by atoms with Gasteiger partial charge in [-0.2, -0.15) is 10.2 Å². The minimum atomic E-state index is -3.39. The largest absolute Gasteiger partial charge is 0.488 e. The number of amides is 2. The van der Waals surface area contributed by atoms with Gasteiger partial charge in [-0.05, 0) is 74.5 Å². The number of aromatic nitrogens is 4. The van der Waals surface area contributed by atoms with Gasteiger partial charge in [0.2, 0.25) is 0 Å². The van der Waals surface area contributed by atoms with Gasteiger partial charge in [0.15, 0.2) is 21.5 Å². The van der Waals surface area contributed by atoms with Crippen LogP contribution in [0.3, 0.4) is 0 Å². The van der Waals surface area contributed by atoms with E-state index in [4.69, 9.17) is 28.4 Å². The van der Waals surface area contributed by atoms with Gasteiger partial charge in [-0.15, -0.1) is 0 Å². The standard InChI is InChI=1S/C22H25N3O6S.C22H25N3O5S/c1-15(14-29-3)30-18-10-16(22(26)23-21-8-9-25(2)24-21)11-19(12-18)31-17-6-5-7-20(13-17)32(4,27)28;1-15(14-28-3)29-18-10-16(22(26)23-21-8-9-25(2)24-21)11-19(12-18)30-17-6-5-7-20(13-17)31(4)27/h5-13,15H,14H2,1-4H3,(H,23,24,26);5-13,15H,14H2,1-4H3,(H,23,24,26)/t15-;15-,31?/m00/s1. The van der Waals surface area contributed by atoms with Gasteiger partial charge < -0.3 is 39.1 Å². The second kappa shape index (κ2) is 22.0. The van der Waals surface area contributed by atoms with E-state index in [1.165, 1.54) is 12.1 Å². The molecule has 2 aromatic heterocycles. The van der Waals surface area contributed by atoms with Gasteiger partial charge in [0.25, 0.3) is 11.8 Å². The molecule has 63 heavy (non-hydrogen) atoms. The Kier molecular flexibility index (Phi) is 16.6. The van der Waals surface area contributed by atoms with Gasteiger partial charge in [0.05, 0.1) is 18.1 Å². The molecule has 0 saturated carbocycles. The summed E-state index contributed by atoms with van der Waals surface area (Å²) in [5.74, 6) is 2.49. The third kappa shape index (κ3) is 14.8. The smallest absolute Gasteiger partial charge is 0.257 e. The fraction of sp³-hybridized carbons (Fsp3) is 0.273. The molecule has 0 aliphatic carbocycles. The lowest BCUT2D eigenvalue weighted by molar-refractivity contribution is 0.0915. The number of aryl methyl sites for hydroxylation is 2. The van der Waals surface area contributed by atoms with E-state index in [1.54, 1.807) is 141 Å². The molecule has 0 fully saturated rings. The van der Waals surface area contributed by atoms with Gasteiger partial charge in [0, 0.05) is 104 Å². The molecule has 1 unspecified atom stereocenters. The highest BCUT2D eigenvalue weighted by Crippen LogP contribution is 2.31. The monoisotopic (exact) mass is 902 g/mol. The Hall–Kier alpha value is -6.54. The third-order valence-electron chi connectivity index (χ3n) is 8.51. The van der Waals surface area contributed by atoms with E-state index in [9.17, 15) is 22.2 Å². The number of carbonyl (C=O) groups is 2. The van der Waals surface area contributed by atoms with Crippen molar-refractivity contribution in [1.29, 1.82) is 0 Å². The second-order valence-corrected chi connectivity index (χ2v) is 17.6. The lowest BCUT2D eigenvalue weighted by Gasteiger charge is -2.16. The van der Waals surface area contributed by atoms with Crippen molar-refractivity contribution in [3.8, 4) is 34.5 Å².